The molecule has 0 fully saturated rings. The molecule has 1 aliphatic rings. The van der Waals surface area contributed by atoms with E-state index >= 15 is 0 Å². The highest BCUT2D eigenvalue weighted by molar-refractivity contribution is 5.82. The SMILES string of the molecule is Cc1ccc2c(c1C)-c1c(ccc(C)c1C)OCCCCO2. The normalized spacial score (nSPS) is 14.4. The number of ether oxygens (including phenoxy) is 2. The van der Waals surface area contributed by atoms with E-state index in [1.165, 1.54) is 33.4 Å². The molecule has 0 amide bonds. The van der Waals surface area contributed by atoms with Crippen molar-refractivity contribution in [1.29, 1.82) is 0 Å². The minimum absolute atomic E-state index is 0.749. The van der Waals surface area contributed by atoms with Crippen molar-refractivity contribution >= 4 is 0 Å². The van der Waals surface area contributed by atoms with E-state index in [1.807, 2.05) is 0 Å². The van der Waals surface area contributed by atoms with Gasteiger partial charge in [-0.3, -0.25) is 0 Å². The van der Waals surface area contributed by atoms with Crippen LogP contribution in [-0.2, 0) is 0 Å². The second-order valence-electron chi connectivity index (χ2n) is 6.17. The van der Waals surface area contributed by atoms with Crippen molar-refractivity contribution in [2.24, 2.45) is 0 Å². The molecule has 0 aliphatic carbocycles. The second kappa shape index (κ2) is 6.04. The molecule has 0 unspecified atom stereocenters. The maximum Gasteiger partial charge on any atom is 0.127 e. The van der Waals surface area contributed by atoms with E-state index in [0.29, 0.717) is 0 Å². The molecule has 1 aliphatic heterocycles. The smallest absolute Gasteiger partial charge is 0.127 e. The monoisotopic (exact) mass is 296 g/mol. The van der Waals surface area contributed by atoms with E-state index < -0.39 is 0 Å². The van der Waals surface area contributed by atoms with Crippen LogP contribution in [0.3, 0.4) is 0 Å². The van der Waals surface area contributed by atoms with Crippen LogP contribution in [0.15, 0.2) is 24.3 Å². The Morgan fingerprint density at radius 1 is 0.636 bits per heavy atom. The van der Waals surface area contributed by atoms with Gasteiger partial charge in [0.25, 0.3) is 0 Å². The first-order valence-electron chi connectivity index (χ1n) is 8.06. The lowest BCUT2D eigenvalue weighted by atomic mass is 9.90. The van der Waals surface area contributed by atoms with Gasteiger partial charge in [0.05, 0.1) is 13.2 Å². The summed E-state index contributed by atoms with van der Waals surface area (Å²) in [5.74, 6) is 1.95. The van der Waals surface area contributed by atoms with Gasteiger partial charge in [-0.15, -0.1) is 0 Å². The molecule has 0 radical (unpaired) electrons. The molecule has 116 valence electrons. The van der Waals surface area contributed by atoms with Crippen LogP contribution in [0.5, 0.6) is 11.5 Å². The highest BCUT2D eigenvalue weighted by atomic mass is 16.5. The van der Waals surface area contributed by atoms with Crippen molar-refractivity contribution in [3.8, 4) is 22.6 Å². The highest BCUT2D eigenvalue weighted by Crippen LogP contribution is 2.43. The minimum atomic E-state index is 0.749. The molecular weight excluding hydrogens is 272 g/mol. The Bertz CT molecular complexity index is 640. The minimum Gasteiger partial charge on any atom is -0.493 e. The number of fused-ring (bicyclic) bond motifs is 3. The summed E-state index contributed by atoms with van der Waals surface area (Å²) < 4.78 is 12.2. The first kappa shape index (κ1) is 15.0. The fourth-order valence-corrected chi connectivity index (χ4v) is 3.01. The summed E-state index contributed by atoms with van der Waals surface area (Å²) in [6.45, 7) is 10.2. The molecule has 0 bridgehead atoms. The van der Waals surface area contributed by atoms with Crippen LogP contribution in [-0.4, -0.2) is 13.2 Å². The second-order valence-corrected chi connectivity index (χ2v) is 6.17. The van der Waals surface area contributed by atoms with E-state index in [0.717, 1.165) is 37.6 Å². The lowest BCUT2D eigenvalue weighted by Gasteiger charge is -2.23. The Hall–Kier alpha value is -1.96. The maximum absolute atomic E-state index is 6.10. The van der Waals surface area contributed by atoms with Crippen LogP contribution >= 0.6 is 0 Å². The van der Waals surface area contributed by atoms with Gasteiger partial charge in [0.2, 0.25) is 0 Å². The van der Waals surface area contributed by atoms with Crippen molar-refractivity contribution in [1.82, 2.24) is 0 Å². The molecule has 2 heteroatoms. The first-order chi connectivity index (χ1) is 10.6. The molecule has 2 aromatic rings. The number of rotatable bonds is 0. The number of aryl methyl sites for hydroxylation is 2. The third-order valence-corrected chi connectivity index (χ3v) is 4.70. The van der Waals surface area contributed by atoms with Gasteiger partial charge in [-0.1, -0.05) is 12.1 Å². The summed E-state index contributed by atoms with van der Waals surface area (Å²) in [5, 5.41) is 0. The van der Waals surface area contributed by atoms with E-state index in [1.54, 1.807) is 0 Å². The molecule has 0 atom stereocenters. The fraction of sp³-hybridized carbons (Fsp3) is 0.400. The Morgan fingerprint density at radius 3 is 1.45 bits per heavy atom. The van der Waals surface area contributed by atoms with E-state index in [-0.39, 0.29) is 0 Å². The van der Waals surface area contributed by atoms with Crippen LogP contribution in [0.2, 0.25) is 0 Å². The average Bonchev–Trinajstić information content (AvgIpc) is 2.51. The van der Waals surface area contributed by atoms with Gasteiger partial charge in [0, 0.05) is 11.1 Å². The van der Waals surface area contributed by atoms with E-state index in [4.69, 9.17) is 9.47 Å². The lowest BCUT2D eigenvalue weighted by Crippen LogP contribution is -2.08. The zero-order chi connectivity index (χ0) is 15.7. The predicted molar refractivity (Wildman–Crippen MR) is 91.1 cm³/mol. The summed E-state index contributed by atoms with van der Waals surface area (Å²) in [5.41, 5.74) is 7.50. The van der Waals surface area contributed by atoms with Gasteiger partial charge in [-0.25, -0.2) is 0 Å². The molecule has 0 spiro atoms. The van der Waals surface area contributed by atoms with Crippen molar-refractivity contribution in [3.63, 3.8) is 0 Å². The van der Waals surface area contributed by atoms with Crippen LogP contribution < -0.4 is 9.47 Å². The summed E-state index contributed by atoms with van der Waals surface area (Å²) in [4.78, 5) is 0. The summed E-state index contributed by atoms with van der Waals surface area (Å²) >= 11 is 0. The topological polar surface area (TPSA) is 18.5 Å². The molecule has 22 heavy (non-hydrogen) atoms. The third kappa shape index (κ3) is 2.58. The van der Waals surface area contributed by atoms with E-state index in [9.17, 15) is 0 Å². The predicted octanol–water partition coefficient (Wildman–Crippen LogP) is 5.14. The standard InChI is InChI=1S/C20H24O2/c1-13-7-9-17-19(15(13)3)20-16(4)14(2)8-10-18(20)22-12-6-5-11-21-17/h7-10H,5-6,11-12H2,1-4H3. The Morgan fingerprint density at radius 2 is 1.05 bits per heavy atom. The van der Waals surface area contributed by atoms with Gasteiger partial charge < -0.3 is 9.47 Å². The van der Waals surface area contributed by atoms with Crippen molar-refractivity contribution in [2.75, 3.05) is 13.2 Å². The Balaban J connectivity index is 2.32. The maximum atomic E-state index is 6.10. The van der Waals surface area contributed by atoms with Crippen LogP contribution in [0, 0.1) is 27.7 Å². The summed E-state index contributed by atoms with van der Waals surface area (Å²) in [6.07, 6.45) is 2.04. The molecule has 0 aromatic heterocycles. The number of hydrogen-bond acceptors (Lipinski definition) is 2. The van der Waals surface area contributed by atoms with Crippen LogP contribution in [0.1, 0.15) is 35.1 Å². The third-order valence-electron chi connectivity index (χ3n) is 4.70. The first-order valence-corrected chi connectivity index (χ1v) is 8.06. The molecular formula is C20H24O2. The van der Waals surface area contributed by atoms with Gasteiger partial charge in [-0.2, -0.15) is 0 Å². The van der Waals surface area contributed by atoms with Crippen molar-refractivity contribution < 1.29 is 9.47 Å². The largest absolute Gasteiger partial charge is 0.493 e. The molecule has 2 nitrogen and oxygen atoms in total. The number of hydrogen-bond donors (Lipinski definition) is 0. The summed E-state index contributed by atoms with van der Waals surface area (Å²) in [6, 6.07) is 8.49. The molecule has 0 N–H and O–H groups in total. The molecule has 0 saturated heterocycles. The summed E-state index contributed by atoms with van der Waals surface area (Å²) in [7, 11) is 0. The van der Waals surface area contributed by atoms with Gasteiger partial charge in [-0.05, 0) is 74.9 Å². The zero-order valence-electron chi connectivity index (χ0n) is 14.0. The molecule has 1 heterocycles. The molecule has 2 aromatic carbocycles. The van der Waals surface area contributed by atoms with Crippen molar-refractivity contribution in [3.05, 3.63) is 46.5 Å². The lowest BCUT2D eigenvalue weighted by molar-refractivity contribution is 0.263. The molecule has 0 saturated carbocycles. The zero-order valence-corrected chi connectivity index (χ0v) is 14.0. The highest BCUT2D eigenvalue weighted by Gasteiger charge is 2.20. The van der Waals surface area contributed by atoms with Crippen molar-refractivity contribution in [2.45, 2.75) is 40.5 Å². The van der Waals surface area contributed by atoms with Gasteiger partial charge in [0.15, 0.2) is 0 Å². The fourth-order valence-electron chi connectivity index (χ4n) is 3.01. The molecule has 3 rings (SSSR count). The quantitative estimate of drug-likeness (QED) is 0.670. The van der Waals surface area contributed by atoms with Gasteiger partial charge >= 0.3 is 0 Å². The Labute approximate surface area is 133 Å². The van der Waals surface area contributed by atoms with Crippen LogP contribution in [0.4, 0.5) is 0 Å². The number of benzene rings is 2. The van der Waals surface area contributed by atoms with Crippen LogP contribution in [0.25, 0.3) is 11.1 Å². The average molecular weight is 296 g/mol. The Kier molecular flexibility index (Phi) is 4.10. The van der Waals surface area contributed by atoms with E-state index in [2.05, 4.69) is 52.0 Å². The van der Waals surface area contributed by atoms with Gasteiger partial charge in [0.1, 0.15) is 11.5 Å².